The predicted molar refractivity (Wildman–Crippen MR) is 31.6 cm³/mol. The van der Waals surface area contributed by atoms with Crippen LogP contribution in [-0.2, 0) is 0 Å². The molecule has 2 radical (unpaired) electrons. The molecule has 0 saturated carbocycles. The first kappa shape index (κ1) is 6.35. The molecule has 0 aliphatic carbocycles. The summed E-state index contributed by atoms with van der Waals surface area (Å²) in [5.41, 5.74) is 0. The van der Waals surface area contributed by atoms with Gasteiger partial charge in [0, 0.05) is 5.25 Å². The monoisotopic (exact) mass is 102 g/mol. The zero-order valence-corrected chi connectivity index (χ0v) is 4.92. The third kappa shape index (κ3) is 4.35. The minimum Gasteiger partial charge on any atom is -0.0907 e. The van der Waals surface area contributed by atoms with E-state index in [1.54, 1.807) is 0 Å². The highest BCUT2D eigenvalue weighted by Crippen LogP contribution is 2.00. The summed E-state index contributed by atoms with van der Waals surface area (Å²) < 4.78 is 0. The Morgan fingerprint density at radius 2 is 2.33 bits per heavy atom. The summed E-state index contributed by atoms with van der Waals surface area (Å²) in [5.74, 6) is 0. The maximum Gasteiger partial charge on any atom is 0.0123 e. The van der Waals surface area contributed by atoms with E-state index in [9.17, 15) is 0 Å². The first-order valence-corrected chi connectivity index (χ1v) is 2.69. The van der Waals surface area contributed by atoms with Crippen LogP contribution in [0.4, 0.5) is 0 Å². The molecule has 0 nitrogen and oxygen atoms in total. The highest BCUT2D eigenvalue weighted by molar-refractivity contribution is 7.80. The van der Waals surface area contributed by atoms with Crippen molar-refractivity contribution in [2.75, 3.05) is 0 Å². The van der Waals surface area contributed by atoms with Crippen LogP contribution < -0.4 is 0 Å². The average Bonchev–Trinajstić information content (AvgIpc) is 1.35. The van der Waals surface area contributed by atoms with Gasteiger partial charge in [0.15, 0.2) is 0 Å². The summed E-state index contributed by atoms with van der Waals surface area (Å²) in [6, 6.07) is 0. The van der Waals surface area contributed by atoms with Crippen LogP contribution in [0.2, 0.25) is 0 Å². The van der Waals surface area contributed by atoms with Crippen molar-refractivity contribution in [2.24, 2.45) is 0 Å². The second-order valence-electron chi connectivity index (χ2n) is 1.45. The van der Waals surface area contributed by atoms with E-state index in [4.69, 9.17) is 12.6 Å². The van der Waals surface area contributed by atoms with Gasteiger partial charge in [-0.25, -0.2) is 0 Å². The van der Waals surface area contributed by atoms with Crippen LogP contribution in [0.1, 0.15) is 19.8 Å². The van der Waals surface area contributed by atoms with Gasteiger partial charge in [0.1, 0.15) is 0 Å². The lowest BCUT2D eigenvalue weighted by Gasteiger charge is -1.93. The topological polar surface area (TPSA) is 0 Å². The maximum absolute atomic E-state index is 4.84. The summed E-state index contributed by atoms with van der Waals surface area (Å²) in [7, 11) is 0. The summed E-state index contributed by atoms with van der Waals surface area (Å²) in [6.45, 7) is 5.69. The molecule has 0 bridgehead atoms. The van der Waals surface area contributed by atoms with Crippen molar-refractivity contribution in [3.63, 3.8) is 0 Å². The molecule has 0 aliphatic rings. The molecule has 0 aliphatic heterocycles. The summed E-state index contributed by atoms with van der Waals surface area (Å²) >= 11 is 4.84. The number of hydrogen-bond donors (Lipinski definition) is 0. The van der Waals surface area contributed by atoms with Crippen molar-refractivity contribution in [3.8, 4) is 0 Å². The lowest BCUT2D eigenvalue weighted by Crippen LogP contribution is -1.86. The third-order valence-corrected chi connectivity index (χ3v) is 0.846. The molecule has 0 aromatic rings. The van der Waals surface area contributed by atoms with Gasteiger partial charge in [-0.2, -0.15) is 0 Å². The standard InChI is InChI=1S/C5H10S/c1-3-4-5(2)6/h5H,1,3-4H2,2H3. The summed E-state index contributed by atoms with van der Waals surface area (Å²) in [4.78, 5) is 0. The highest BCUT2D eigenvalue weighted by atomic mass is 32.1. The average molecular weight is 102 g/mol. The largest absolute Gasteiger partial charge is 0.0907 e. The van der Waals surface area contributed by atoms with E-state index in [-0.39, 0.29) is 0 Å². The van der Waals surface area contributed by atoms with E-state index in [2.05, 4.69) is 6.92 Å². The second-order valence-corrected chi connectivity index (χ2v) is 2.26. The first-order valence-electron chi connectivity index (χ1n) is 2.22. The van der Waals surface area contributed by atoms with E-state index in [0.717, 1.165) is 12.8 Å². The number of rotatable bonds is 2. The smallest absolute Gasteiger partial charge is 0.0123 e. The van der Waals surface area contributed by atoms with Crippen molar-refractivity contribution in [1.82, 2.24) is 0 Å². The molecule has 0 heterocycles. The molecule has 0 N–H and O–H groups in total. The van der Waals surface area contributed by atoms with E-state index in [1.165, 1.54) is 0 Å². The molecule has 0 amide bonds. The Bertz CT molecular complexity index is 25.1. The lowest BCUT2D eigenvalue weighted by atomic mass is 10.3. The van der Waals surface area contributed by atoms with E-state index >= 15 is 0 Å². The van der Waals surface area contributed by atoms with Gasteiger partial charge >= 0.3 is 0 Å². The fourth-order valence-corrected chi connectivity index (χ4v) is 0.454. The Morgan fingerprint density at radius 3 is 2.33 bits per heavy atom. The van der Waals surface area contributed by atoms with Crippen LogP contribution in [-0.4, -0.2) is 5.25 Å². The number of hydrogen-bond acceptors (Lipinski definition) is 0. The SMILES string of the molecule is [CH2]CCC(C)[S]. The lowest BCUT2D eigenvalue weighted by molar-refractivity contribution is 0.835. The first-order chi connectivity index (χ1) is 2.77. The van der Waals surface area contributed by atoms with Crippen molar-refractivity contribution in [3.05, 3.63) is 6.92 Å². The van der Waals surface area contributed by atoms with Gasteiger partial charge in [-0.1, -0.05) is 32.9 Å². The molecule has 0 aromatic carbocycles. The Morgan fingerprint density at radius 1 is 1.83 bits per heavy atom. The zero-order chi connectivity index (χ0) is 4.99. The molecule has 0 rings (SSSR count). The van der Waals surface area contributed by atoms with Crippen LogP contribution in [0.5, 0.6) is 0 Å². The molecule has 36 valence electrons. The summed E-state index contributed by atoms with van der Waals surface area (Å²) in [5, 5.41) is 0.419. The van der Waals surface area contributed by atoms with Crippen molar-refractivity contribution < 1.29 is 0 Å². The maximum atomic E-state index is 4.84. The van der Waals surface area contributed by atoms with Gasteiger partial charge in [0.2, 0.25) is 0 Å². The van der Waals surface area contributed by atoms with Crippen molar-refractivity contribution in [1.29, 1.82) is 0 Å². The van der Waals surface area contributed by atoms with Gasteiger partial charge in [-0.3, -0.25) is 0 Å². The van der Waals surface area contributed by atoms with Crippen LogP contribution in [0.15, 0.2) is 0 Å². The van der Waals surface area contributed by atoms with Crippen molar-refractivity contribution in [2.45, 2.75) is 25.0 Å². The molecule has 0 aromatic heterocycles. The Kier molecular flexibility index (Phi) is 3.74. The molecule has 6 heavy (non-hydrogen) atoms. The van der Waals surface area contributed by atoms with Crippen LogP contribution in [0.25, 0.3) is 0 Å². The molecule has 0 fully saturated rings. The fourth-order valence-electron chi connectivity index (χ4n) is 0.287. The Labute approximate surface area is 45.4 Å². The Hall–Kier alpha value is 0.350. The van der Waals surface area contributed by atoms with E-state index < -0.39 is 0 Å². The molecule has 0 spiro atoms. The molecule has 0 saturated heterocycles. The van der Waals surface area contributed by atoms with Gasteiger partial charge < -0.3 is 0 Å². The van der Waals surface area contributed by atoms with Gasteiger partial charge in [-0.05, 0) is 6.42 Å². The minimum absolute atomic E-state index is 0.419. The van der Waals surface area contributed by atoms with Crippen molar-refractivity contribution >= 4 is 12.6 Å². The normalized spacial score (nSPS) is 14.5. The molecule has 1 unspecified atom stereocenters. The molecular weight excluding hydrogens is 92.1 g/mol. The summed E-state index contributed by atoms with van der Waals surface area (Å²) in [6.07, 6.45) is 2.06. The molecule has 1 atom stereocenters. The van der Waals surface area contributed by atoms with Gasteiger partial charge in [0.25, 0.3) is 0 Å². The van der Waals surface area contributed by atoms with Gasteiger partial charge in [-0.15, -0.1) is 0 Å². The second kappa shape index (κ2) is 3.54. The Balaban J connectivity index is 2.63. The third-order valence-electron chi connectivity index (χ3n) is 0.611. The molecule has 1 heteroatoms. The van der Waals surface area contributed by atoms with Crippen LogP contribution in [0.3, 0.4) is 0 Å². The zero-order valence-electron chi connectivity index (χ0n) is 4.11. The van der Waals surface area contributed by atoms with Gasteiger partial charge in [0.05, 0.1) is 0 Å². The molecular formula is C5H10S. The fraction of sp³-hybridized carbons (Fsp3) is 0.800. The predicted octanol–water partition coefficient (Wildman–Crippen LogP) is 2.19. The van der Waals surface area contributed by atoms with E-state index in [0.29, 0.717) is 5.25 Å². The minimum atomic E-state index is 0.419. The van der Waals surface area contributed by atoms with Crippen LogP contribution >= 0.6 is 12.6 Å². The highest BCUT2D eigenvalue weighted by Gasteiger charge is 1.88. The van der Waals surface area contributed by atoms with Crippen LogP contribution in [0, 0.1) is 6.92 Å². The van der Waals surface area contributed by atoms with E-state index in [1.807, 2.05) is 6.92 Å². The quantitative estimate of drug-likeness (QED) is 0.501.